The molecule has 0 aliphatic rings. The molecule has 0 aliphatic heterocycles. The number of urea groups is 1. The Balaban J connectivity index is 2.00. The van der Waals surface area contributed by atoms with Gasteiger partial charge in [0.15, 0.2) is 0 Å². The normalized spacial score (nSPS) is 12.0. The fourth-order valence-corrected chi connectivity index (χ4v) is 3.82. The molecular formula is C27H30FN3O3. The van der Waals surface area contributed by atoms with E-state index in [1.165, 1.54) is 18.2 Å². The van der Waals surface area contributed by atoms with E-state index < -0.39 is 17.8 Å². The van der Waals surface area contributed by atoms with Crippen molar-refractivity contribution in [1.82, 2.24) is 0 Å². The molecule has 2 amide bonds. The van der Waals surface area contributed by atoms with Gasteiger partial charge in [0.25, 0.3) is 0 Å². The van der Waals surface area contributed by atoms with E-state index in [1.54, 1.807) is 36.4 Å². The maximum absolute atomic E-state index is 14.0. The van der Waals surface area contributed by atoms with E-state index in [9.17, 15) is 19.1 Å². The molecule has 0 saturated heterocycles. The van der Waals surface area contributed by atoms with Crippen LogP contribution in [0.15, 0.2) is 66.7 Å². The Hall–Kier alpha value is -3.87. The van der Waals surface area contributed by atoms with E-state index in [-0.39, 0.29) is 22.7 Å². The van der Waals surface area contributed by atoms with Crippen molar-refractivity contribution in [3.8, 4) is 11.1 Å². The first-order valence-corrected chi connectivity index (χ1v) is 11.2. The molecule has 0 saturated carbocycles. The topological polar surface area (TPSA) is 90.5 Å². The lowest BCUT2D eigenvalue weighted by Crippen LogP contribution is -2.33. The number of carboxylic acids is 1. The summed E-state index contributed by atoms with van der Waals surface area (Å²) < 4.78 is 14.0. The number of nitrogens with one attached hydrogen (secondary N) is 3. The summed E-state index contributed by atoms with van der Waals surface area (Å²) in [4.78, 5) is 24.5. The van der Waals surface area contributed by atoms with Crippen molar-refractivity contribution < 1.29 is 19.1 Å². The molecular weight excluding hydrogens is 433 g/mol. The van der Waals surface area contributed by atoms with Crippen LogP contribution >= 0.6 is 0 Å². The van der Waals surface area contributed by atoms with Crippen molar-refractivity contribution in [3.63, 3.8) is 0 Å². The second kappa shape index (κ2) is 10.4. The van der Waals surface area contributed by atoms with Crippen LogP contribution < -0.4 is 16.0 Å². The van der Waals surface area contributed by atoms with E-state index in [4.69, 9.17) is 0 Å². The van der Waals surface area contributed by atoms with Crippen LogP contribution in [0.1, 0.15) is 44.5 Å². The Labute approximate surface area is 199 Å². The van der Waals surface area contributed by atoms with Gasteiger partial charge in [-0.2, -0.15) is 0 Å². The number of carbonyl (C=O) groups is 2. The number of hydrogen-bond donors (Lipinski definition) is 4. The van der Waals surface area contributed by atoms with E-state index in [0.717, 1.165) is 6.42 Å². The minimum atomic E-state index is -1.04. The molecule has 3 aromatic carbocycles. The maximum atomic E-state index is 14.0. The molecule has 4 N–H and O–H groups in total. The number of carboxylic acid groups (broad SMARTS) is 1. The minimum absolute atomic E-state index is 0.0456. The maximum Gasteiger partial charge on any atom is 0.336 e. The van der Waals surface area contributed by atoms with E-state index >= 15 is 0 Å². The van der Waals surface area contributed by atoms with Crippen molar-refractivity contribution in [2.45, 2.75) is 40.2 Å². The minimum Gasteiger partial charge on any atom is -0.478 e. The molecule has 3 aromatic rings. The molecule has 7 heteroatoms. The molecule has 178 valence electrons. The van der Waals surface area contributed by atoms with Gasteiger partial charge in [-0.1, -0.05) is 64.1 Å². The average Bonchev–Trinajstić information content (AvgIpc) is 2.78. The van der Waals surface area contributed by atoms with Gasteiger partial charge < -0.3 is 21.1 Å². The number of para-hydroxylation sites is 1. The summed E-state index contributed by atoms with van der Waals surface area (Å²) in [6.07, 6.45) is 0.855. The third-order valence-electron chi connectivity index (χ3n) is 5.64. The average molecular weight is 464 g/mol. The molecule has 0 heterocycles. The Morgan fingerprint density at radius 1 is 0.912 bits per heavy atom. The van der Waals surface area contributed by atoms with E-state index in [2.05, 4.69) is 43.6 Å². The zero-order chi connectivity index (χ0) is 24.9. The summed E-state index contributed by atoms with van der Waals surface area (Å²) in [5.41, 5.74) is 2.47. The largest absolute Gasteiger partial charge is 0.478 e. The van der Waals surface area contributed by atoms with Crippen molar-refractivity contribution in [3.05, 3.63) is 78.1 Å². The summed E-state index contributed by atoms with van der Waals surface area (Å²) in [5, 5.41) is 18.4. The lowest BCUT2D eigenvalue weighted by molar-refractivity contribution is 0.0697. The fraction of sp³-hybridized carbons (Fsp3) is 0.259. The third kappa shape index (κ3) is 5.92. The number of anilines is 3. The highest BCUT2D eigenvalue weighted by Gasteiger charge is 2.24. The molecule has 3 rings (SSSR count). The number of carbonyl (C=O) groups excluding carboxylic acids is 1. The first kappa shape index (κ1) is 24.8. The van der Waals surface area contributed by atoms with Gasteiger partial charge in [-0.3, -0.25) is 0 Å². The summed E-state index contributed by atoms with van der Waals surface area (Å²) in [7, 11) is 0. The molecule has 1 unspecified atom stereocenters. The van der Waals surface area contributed by atoms with Gasteiger partial charge in [-0.15, -0.1) is 0 Å². The second-order valence-corrected chi connectivity index (χ2v) is 9.14. The number of amides is 2. The lowest BCUT2D eigenvalue weighted by atomic mass is 9.85. The standard InChI is InChI=1S/C27H30FN3O3/c1-5-24(27(2,3)4)29-22-15-14-17(18-10-6-7-11-19(18)25(32)33)16-23(22)31-26(34)30-21-13-9-8-12-20(21)28/h6-16,24,29H,5H2,1-4H3,(H,32,33)(H2,30,31,34). The van der Waals surface area contributed by atoms with E-state index in [0.29, 0.717) is 22.5 Å². The zero-order valence-electron chi connectivity index (χ0n) is 19.8. The molecule has 0 aromatic heterocycles. The highest BCUT2D eigenvalue weighted by atomic mass is 19.1. The molecule has 0 aliphatic carbocycles. The predicted octanol–water partition coefficient (Wildman–Crippen LogP) is 7.07. The van der Waals surface area contributed by atoms with E-state index in [1.807, 2.05) is 12.1 Å². The van der Waals surface area contributed by atoms with Crippen LogP contribution in [-0.4, -0.2) is 23.1 Å². The summed E-state index contributed by atoms with van der Waals surface area (Å²) in [6.45, 7) is 8.47. The lowest BCUT2D eigenvalue weighted by Gasteiger charge is -2.32. The van der Waals surface area contributed by atoms with Crippen LogP contribution in [0.4, 0.5) is 26.2 Å². The van der Waals surface area contributed by atoms with Gasteiger partial charge >= 0.3 is 12.0 Å². The van der Waals surface area contributed by atoms with Crippen molar-refractivity contribution >= 4 is 29.1 Å². The number of benzene rings is 3. The first-order valence-electron chi connectivity index (χ1n) is 11.2. The van der Waals surface area contributed by atoms with Crippen molar-refractivity contribution in [2.75, 3.05) is 16.0 Å². The first-order chi connectivity index (χ1) is 16.1. The van der Waals surface area contributed by atoms with Crippen LogP contribution in [0.25, 0.3) is 11.1 Å². The Bertz CT molecular complexity index is 1190. The Morgan fingerprint density at radius 2 is 1.56 bits per heavy atom. The second-order valence-electron chi connectivity index (χ2n) is 9.14. The number of aromatic carboxylic acids is 1. The van der Waals surface area contributed by atoms with Gasteiger partial charge in [0, 0.05) is 6.04 Å². The zero-order valence-corrected chi connectivity index (χ0v) is 19.8. The third-order valence-corrected chi connectivity index (χ3v) is 5.64. The highest BCUT2D eigenvalue weighted by molar-refractivity contribution is 6.03. The molecule has 0 fully saturated rings. The van der Waals surface area contributed by atoms with Gasteiger partial charge in [0.2, 0.25) is 0 Å². The van der Waals surface area contributed by atoms with Crippen LogP contribution in [0, 0.1) is 11.2 Å². The van der Waals surface area contributed by atoms with Gasteiger partial charge in [0.1, 0.15) is 5.82 Å². The van der Waals surface area contributed by atoms with Crippen LogP contribution in [-0.2, 0) is 0 Å². The number of hydrogen-bond acceptors (Lipinski definition) is 3. The quantitative estimate of drug-likeness (QED) is 0.302. The summed E-state index contributed by atoms with van der Waals surface area (Å²) in [5.74, 6) is -1.58. The van der Waals surface area contributed by atoms with Crippen molar-refractivity contribution in [1.29, 1.82) is 0 Å². The number of rotatable bonds is 7. The van der Waals surface area contributed by atoms with Gasteiger partial charge in [-0.05, 0) is 53.3 Å². The summed E-state index contributed by atoms with van der Waals surface area (Å²) in [6, 6.07) is 17.5. The molecule has 0 bridgehead atoms. The Morgan fingerprint density at radius 3 is 2.21 bits per heavy atom. The predicted molar refractivity (Wildman–Crippen MR) is 135 cm³/mol. The molecule has 1 atom stereocenters. The summed E-state index contributed by atoms with van der Waals surface area (Å²) >= 11 is 0. The van der Waals surface area contributed by atoms with Crippen LogP contribution in [0.5, 0.6) is 0 Å². The van der Waals surface area contributed by atoms with Crippen LogP contribution in [0.3, 0.4) is 0 Å². The van der Waals surface area contributed by atoms with Gasteiger partial charge in [0.05, 0.1) is 22.6 Å². The monoisotopic (exact) mass is 463 g/mol. The van der Waals surface area contributed by atoms with Crippen LogP contribution in [0.2, 0.25) is 0 Å². The smallest absolute Gasteiger partial charge is 0.336 e. The fourth-order valence-electron chi connectivity index (χ4n) is 3.82. The molecule has 6 nitrogen and oxygen atoms in total. The number of halogens is 1. The SMILES string of the molecule is CCC(Nc1ccc(-c2ccccc2C(=O)O)cc1NC(=O)Nc1ccccc1F)C(C)(C)C. The molecule has 0 radical (unpaired) electrons. The van der Waals surface area contributed by atoms with Crippen molar-refractivity contribution in [2.24, 2.45) is 5.41 Å². The Kier molecular flexibility index (Phi) is 7.56. The molecule has 34 heavy (non-hydrogen) atoms. The highest BCUT2D eigenvalue weighted by Crippen LogP contribution is 2.34. The van der Waals surface area contributed by atoms with Gasteiger partial charge in [-0.25, -0.2) is 14.0 Å². The molecule has 0 spiro atoms.